The maximum Gasteiger partial charge on any atom is 0.204 e. The van der Waals surface area contributed by atoms with E-state index in [0.29, 0.717) is 19.0 Å². The number of rotatable bonds is 5. The van der Waals surface area contributed by atoms with Crippen molar-refractivity contribution in [2.24, 2.45) is 4.99 Å². The van der Waals surface area contributed by atoms with Crippen LogP contribution in [-0.2, 0) is 6.42 Å². The molecular formula is C15H17N5. The van der Waals surface area contributed by atoms with Gasteiger partial charge in [-0.15, -0.1) is 6.58 Å². The molecule has 0 spiro atoms. The molecule has 0 fully saturated rings. The molecule has 0 aliphatic heterocycles. The topological polar surface area (TPSA) is 76.0 Å². The van der Waals surface area contributed by atoms with Crippen LogP contribution in [0.1, 0.15) is 5.56 Å². The summed E-state index contributed by atoms with van der Waals surface area (Å²) in [4.78, 5) is 7.58. The molecule has 2 aromatic rings. The molecule has 0 bridgehead atoms. The second-order valence-corrected chi connectivity index (χ2v) is 4.25. The van der Waals surface area contributed by atoms with E-state index >= 15 is 0 Å². The summed E-state index contributed by atoms with van der Waals surface area (Å²) < 4.78 is 0. The third-order valence-electron chi connectivity index (χ3n) is 2.91. The van der Waals surface area contributed by atoms with Crippen LogP contribution in [-0.4, -0.2) is 24.0 Å². The van der Waals surface area contributed by atoms with Crippen LogP contribution in [0.3, 0.4) is 0 Å². The highest BCUT2D eigenvalue weighted by atomic mass is 15.2. The molecular weight excluding hydrogens is 250 g/mol. The number of hydrogen-bond donors (Lipinski definition) is 3. The summed E-state index contributed by atoms with van der Waals surface area (Å²) in [6, 6.07) is 8.18. The van der Waals surface area contributed by atoms with Crippen molar-refractivity contribution in [1.82, 2.24) is 15.6 Å². The summed E-state index contributed by atoms with van der Waals surface area (Å²) >= 11 is 0. The average molecular weight is 267 g/mol. The summed E-state index contributed by atoms with van der Waals surface area (Å²) in [7, 11) is 0. The number of aliphatic imine (C=N–C) groups is 1. The molecule has 1 heterocycles. The summed E-state index contributed by atoms with van der Waals surface area (Å²) in [6.45, 7) is 4.79. The normalized spacial score (nSPS) is 11.1. The van der Waals surface area contributed by atoms with E-state index in [4.69, 9.17) is 5.26 Å². The Labute approximate surface area is 118 Å². The first-order valence-electron chi connectivity index (χ1n) is 6.44. The largest absolute Gasteiger partial charge is 0.361 e. The maximum absolute atomic E-state index is 8.65. The lowest BCUT2D eigenvalue weighted by molar-refractivity contribution is 0.913. The van der Waals surface area contributed by atoms with Gasteiger partial charge in [0.1, 0.15) is 0 Å². The van der Waals surface area contributed by atoms with Gasteiger partial charge in [-0.25, -0.2) is 0 Å². The highest BCUT2D eigenvalue weighted by Crippen LogP contribution is 2.17. The van der Waals surface area contributed by atoms with Crippen LogP contribution in [0.5, 0.6) is 0 Å². The van der Waals surface area contributed by atoms with Gasteiger partial charge in [-0.05, 0) is 18.1 Å². The molecule has 0 amide bonds. The van der Waals surface area contributed by atoms with Gasteiger partial charge in [-0.2, -0.15) is 5.26 Å². The number of fused-ring (bicyclic) bond motifs is 1. The number of aromatic amines is 1. The molecule has 102 valence electrons. The number of aromatic nitrogens is 1. The maximum atomic E-state index is 8.65. The van der Waals surface area contributed by atoms with Gasteiger partial charge < -0.3 is 10.3 Å². The Morgan fingerprint density at radius 3 is 3.10 bits per heavy atom. The van der Waals surface area contributed by atoms with E-state index < -0.39 is 0 Å². The van der Waals surface area contributed by atoms with Crippen molar-refractivity contribution in [2.75, 3.05) is 13.1 Å². The van der Waals surface area contributed by atoms with Gasteiger partial charge in [0, 0.05) is 30.2 Å². The summed E-state index contributed by atoms with van der Waals surface area (Å²) in [5.41, 5.74) is 2.36. The third-order valence-corrected chi connectivity index (χ3v) is 2.91. The van der Waals surface area contributed by atoms with Crippen LogP contribution >= 0.6 is 0 Å². The predicted octanol–water partition coefficient (Wildman–Crippen LogP) is 1.91. The molecule has 0 aliphatic carbocycles. The van der Waals surface area contributed by atoms with E-state index in [9.17, 15) is 0 Å². The summed E-state index contributed by atoms with van der Waals surface area (Å²) in [5.74, 6) is 0.479. The van der Waals surface area contributed by atoms with Gasteiger partial charge in [0.05, 0.1) is 0 Å². The number of hydrogen-bond acceptors (Lipinski definition) is 2. The van der Waals surface area contributed by atoms with Crippen LogP contribution in [0, 0.1) is 11.5 Å². The number of benzene rings is 1. The van der Waals surface area contributed by atoms with Gasteiger partial charge in [0.2, 0.25) is 5.96 Å². The summed E-state index contributed by atoms with van der Waals surface area (Å²) in [6.07, 6.45) is 6.41. The van der Waals surface area contributed by atoms with Gasteiger partial charge in [0.25, 0.3) is 0 Å². The molecule has 3 N–H and O–H groups in total. The molecule has 0 saturated carbocycles. The zero-order valence-corrected chi connectivity index (χ0v) is 11.2. The van der Waals surface area contributed by atoms with E-state index in [1.54, 1.807) is 6.08 Å². The molecule has 0 radical (unpaired) electrons. The quantitative estimate of drug-likeness (QED) is 0.255. The lowest BCUT2D eigenvalue weighted by Gasteiger charge is -2.05. The Kier molecular flexibility index (Phi) is 4.79. The SMILES string of the molecule is C=CCNC(=NCCc1c[nH]c2ccccc12)NC#N. The van der Waals surface area contributed by atoms with Crippen LogP contribution in [0.25, 0.3) is 10.9 Å². The lowest BCUT2D eigenvalue weighted by atomic mass is 10.1. The molecule has 20 heavy (non-hydrogen) atoms. The van der Waals surface area contributed by atoms with Crippen LogP contribution in [0.4, 0.5) is 0 Å². The minimum atomic E-state index is 0.479. The van der Waals surface area contributed by atoms with Crippen molar-refractivity contribution in [2.45, 2.75) is 6.42 Å². The first-order valence-corrected chi connectivity index (χ1v) is 6.44. The minimum absolute atomic E-state index is 0.479. The van der Waals surface area contributed by atoms with Gasteiger partial charge in [-0.1, -0.05) is 24.3 Å². The smallest absolute Gasteiger partial charge is 0.204 e. The number of H-pyrrole nitrogens is 1. The molecule has 1 aromatic heterocycles. The summed E-state index contributed by atoms with van der Waals surface area (Å²) in [5, 5.41) is 15.4. The fraction of sp³-hybridized carbons (Fsp3) is 0.200. The van der Waals surface area contributed by atoms with Crippen LogP contribution < -0.4 is 10.6 Å². The average Bonchev–Trinajstić information content (AvgIpc) is 2.88. The van der Waals surface area contributed by atoms with Crippen molar-refractivity contribution in [3.05, 3.63) is 48.7 Å². The van der Waals surface area contributed by atoms with E-state index in [1.165, 1.54) is 10.9 Å². The second kappa shape index (κ2) is 7.00. The van der Waals surface area contributed by atoms with Gasteiger partial charge in [-0.3, -0.25) is 10.3 Å². The molecule has 0 aliphatic rings. The number of guanidine groups is 1. The van der Waals surface area contributed by atoms with Gasteiger partial charge in [0.15, 0.2) is 6.19 Å². The second-order valence-electron chi connectivity index (χ2n) is 4.25. The lowest BCUT2D eigenvalue weighted by Crippen LogP contribution is -2.34. The van der Waals surface area contributed by atoms with Crippen molar-refractivity contribution in [3.8, 4) is 6.19 Å². The first kappa shape index (κ1) is 13.7. The molecule has 5 heteroatoms. The Balaban J connectivity index is 2.00. The van der Waals surface area contributed by atoms with E-state index in [-0.39, 0.29) is 0 Å². The van der Waals surface area contributed by atoms with Gasteiger partial charge >= 0.3 is 0 Å². The molecule has 0 saturated heterocycles. The molecule has 5 nitrogen and oxygen atoms in total. The Morgan fingerprint density at radius 2 is 2.30 bits per heavy atom. The fourth-order valence-corrected chi connectivity index (χ4v) is 1.99. The minimum Gasteiger partial charge on any atom is -0.361 e. The third kappa shape index (κ3) is 3.39. The van der Waals surface area contributed by atoms with Crippen LogP contribution in [0.15, 0.2) is 48.1 Å². The van der Waals surface area contributed by atoms with Crippen molar-refractivity contribution in [1.29, 1.82) is 5.26 Å². The fourth-order valence-electron chi connectivity index (χ4n) is 1.99. The molecule has 2 rings (SSSR count). The standard InChI is InChI=1S/C15H17N5/c1-2-8-17-15(20-11-16)18-9-7-12-10-19-14-6-4-3-5-13(12)14/h2-6,10,19H,1,7-9H2,(H2,17,18,20). The first-order chi connectivity index (χ1) is 9.85. The van der Waals surface area contributed by atoms with Crippen molar-refractivity contribution < 1.29 is 0 Å². The number of nitrogens with one attached hydrogen (secondary N) is 3. The van der Waals surface area contributed by atoms with Crippen molar-refractivity contribution in [3.63, 3.8) is 0 Å². The zero-order chi connectivity index (χ0) is 14.2. The molecule has 0 atom stereocenters. The monoisotopic (exact) mass is 267 g/mol. The molecule has 1 aromatic carbocycles. The predicted molar refractivity (Wildman–Crippen MR) is 81.3 cm³/mol. The highest BCUT2D eigenvalue weighted by Gasteiger charge is 2.02. The van der Waals surface area contributed by atoms with E-state index in [1.807, 2.05) is 24.5 Å². The Morgan fingerprint density at radius 1 is 1.45 bits per heavy atom. The Bertz CT molecular complexity index is 648. The van der Waals surface area contributed by atoms with Crippen LogP contribution in [0.2, 0.25) is 0 Å². The van der Waals surface area contributed by atoms with E-state index in [0.717, 1.165) is 11.9 Å². The zero-order valence-electron chi connectivity index (χ0n) is 11.2. The number of nitrogens with zero attached hydrogens (tertiary/aromatic N) is 2. The Hall–Kier alpha value is -2.74. The highest BCUT2D eigenvalue weighted by molar-refractivity contribution is 5.83. The number of nitriles is 1. The number of para-hydroxylation sites is 1. The van der Waals surface area contributed by atoms with E-state index in [2.05, 4.69) is 39.3 Å². The molecule has 0 unspecified atom stereocenters. The van der Waals surface area contributed by atoms with Crippen molar-refractivity contribution >= 4 is 16.9 Å².